The summed E-state index contributed by atoms with van der Waals surface area (Å²) in [6, 6.07) is 3.93. The lowest BCUT2D eigenvalue weighted by molar-refractivity contribution is -0.117. The Morgan fingerprint density at radius 2 is 1.96 bits per heavy atom. The zero-order valence-electron chi connectivity index (χ0n) is 16.2. The van der Waals surface area contributed by atoms with E-state index in [1.54, 1.807) is 31.1 Å². The number of ether oxygens (including phenoxy) is 1. The lowest BCUT2D eigenvalue weighted by Crippen LogP contribution is -2.39. The van der Waals surface area contributed by atoms with Gasteiger partial charge in [-0.1, -0.05) is 6.07 Å². The highest BCUT2D eigenvalue weighted by Crippen LogP contribution is 2.16. The van der Waals surface area contributed by atoms with E-state index < -0.39 is 11.2 Å². The van der Waals surface area contributed by atoms with Crippen molar-refractivity contribution in [2.24, 2.45) is 14.1 Å². The van der Waals surface area contributed by atoms with Crippen LogP contribution in [0.25, 0.3) is 11.2 Å². The molecule has 3 rings (SSSR count). The number of pyridine rings is 1. The number of unbranched alkanes of at least 4 members (excludes halogenated alkanes) is 1. The summed E-state index contributed by atoms with van der Waals surface area (Å²) in [7, 11) is 3.26. The van der Waals surface area contributed by atoms with Crippen molar-refractivity contribution in [3.05, 3.63) is 50.9 Å². The molecule has 0 N–H and O–H groups in total. The molecule has 28 heavy (non-hydrogen) atoms. The van der Waals surface area contributed by atoms with Gasteiger partial charge in [-0.15, -0.1) is 0 Å². The third kappa shape index (κ3) is 3.88. The van der Waals surface area contributed by atoms with Gasteiger partial charge >= 0.3 is 5.69 Å². The van der Waals surface area contributed by atoms with Gasteiger partial charge in [0.05, 0.1) is 0 Å². The van der Waals surface area contributed by atoms with Crippen LogP contribution in [0, 0.1) is 0 Å². The molecule has 0 amide bonds. The Hall–Kier alpha value is -3.23. The number of fused-ring (bicyclic) bond motifs is 1. The number of hydrogen-bond donors (Lipinski definition) is 0. The molecular formula is C19H23N5O4. The first-order valence-electron chi connectivity index (χ1n) is 9.07. The number of aromatic nitrogens is 5. The van der Waals surface area contributed by atoms with Crippen molar-refractivity contribution in [3.63, 3.8) is 0 Å². The third-order valence-electron chi connectivity index (χ3n) is 4.57. The number of imidazole rings is 1. The summed E-state index contributed by atoms with van der Waals surface area (Å²) in [5.74, 6) is 0.0951. The Morgan fingerprint density at radius 3 is 2.64 bits per heavy atom. The van der Waals surface area contributed by atoms with E-state index in [0.717, 1.165) is 5.56 Å². The normalized spacial score (nSPS) is 11.1. The fourth-order valence-electron chi connectivity index (χ4n) is 3.03. The van der Waals surface area contributed by atoms with Crippen LogP contribution < -0.4 is 16.0 Å². The predicted molar refractivity (Wildman–Crippen MR) is 103 cm³/mol. The van der Waals surface area contributed by atoms with Gasteiger partial charge in [0.1, 0.15) is 12.4 Å². The second-order valence-electron chi connectivity index (χ2n) is 6.73. The van der Waals surface area contributed by atoms with E-state index in [1.807, 2.05) is 12.1 Å². The molecule has 0 bridgehead atoms. The molecule has 3 heterocycles. The fraction of sp³-hybridized carbons (Fsp3) is 0.421. The Kier molecular flexibility index (Phi) is 5.72. The first-order valence-corrected chi connectivity index (χ1v) is 9.07. The highest BCUT2D eigenvalue weighted by atomic mass is 16.5. The maximum atomic E-state index is 12.9. The van der Waals surface area contributed by atoms with Gasteiger partial charge in [0.15, 0.2) is 11.2 Å². The van der Waals surface area contributed by atoms with E-state index in [2.05, 4.69) is 9.97 Å². The van der Waals surface area contributed by atoms with Gasteiger partial charge in [-0.05, 0) is 25.8 Å². The molecule has 3 aromatic heterocycles. The van der Waals surface area contributed by atoms with Crippen molar-refractivity contribution in [2.75, 3.05) is 0 Å². The van der Waals surface area contributed by atoms with Gasteiger partial charge in [0.2, 0.25) is 0 Å². The van der Waals surface area contributed by atoms with Gasteiger partial charge in [0.25, 0.3) is 11.6 Å². The van der Waals surface area contributed by atoms with Crippen molar-refractivity contribution in [1.82, 2.24) is 23.7 Å². The molecule has 0 aliphatic rings. The Bertz CT molecular complexity index is 1110. The highest BCUT2D eigenvalue weighted by Gasteiger charge is 2.19. The van der Waals surface area contributed by atoms with Crippen molar-refractivity contribution in [2.45, 2.75) is 39.3 Å². The summed E-state index contributed by atoms with van der Waals surface area (Å²) in [5.41, 5.74) is 0.601. The van der Waals surface area contributed by atoms with E-state index >= 15 is 0 Å². The van der Waals surface area contributed by atoms with Crippen molar-refractivity contribution in [1.29, 1.82) is 0 Å². The molecule has 0 aliphatic carbocycles. The fourth-order valence-corrected chi connectivity index (χ4v) is 3.03. The smallest absolute Gasteiger partial charge is 0.332 e. The Labute approximate surface area is 161 Å². The first kappa shape index (κ1) is 19.5. The molecule has 9 heteroatoms. The lowest BCUT2D eigenvalue weighted by atomic mass is 10.2. The molecule has 0 saturated heterocycles. The second-order valence-corrected chi connectivity index (χ2v) is 6.73. The number of aryl methyl sites for hydroxylation is 2. The molecule has 9 nitrogen and oxygen atoms in total. The number of carbonyl (C=O) groups excluding carboxylic acids is 1. The highest BCUT2D eigenvalue weighted by molar-refractivity contribution is 5.75. The standard InChI is InChI=1S/C19H23N5O4/c1-13(25)7-4-5-10-24-17(26)15-16(23(3)19(24)27)21-18(22(15)2)28-12-14-8-6-9-20-11-14/h6,8-9,11H,4-5,7,10,12H2,1-3H3. The average molecular weight is 385 g/mol. The monoisotopic (exact) mass is 385 g/mol. The van der Waals surface area contributed by atoms with E-state index in [0.29, 0.717) is 24.8 Å². The molecule has 0 atom stereocenters. The summed E-state index contributed by atoms with van der Waals surface area (Å²) in [6.07, 6.45) is 5.01. The summed E-state index contributed by atoms with van der Waals surface area (Å²) in [5, 5.41) is 0. The molecular weight excluding hydrogens is 362 g/mol. The quantitative estimate of drug-likeness (QED) is 0.540. The summed E-state index contributed by atoms with van der Waals surface area (Å²) < 4.78 is 9.82. The summed E-state index contributed by atoms with van der Waals surface area (Å²) in [6.45, 7) is 2.03. The SMILES string of the molecule is CC(=O)CCCCn1c(=O)c2c(nc(OCc3cccnc3)n2C)n(C)c1=O. The number of ketones is 1. The van der Waals surface area contributed by atoms with E-state index in [4.69, 9.17) is 4.74 Å². The Balaban J connectivity index is 1.91. The van der Waals surface area contributed by atoms with Crippen LogP contribution in [0.4, 0.5) is 0 Å². The second kappa shape index (κ2) is 8.20. The molecule has 0 aromatic carbocycles. The van der Waals surface area contributed by atoms with E-state index in [9.17, 15) is 14.4 Å². The van der Waals surface area contributed by atoms with Crippen LogP contribution in [0.1, 0.15) is 31.7 Å². The largest absolute Gasteiger partial charge is 0.460 e. The zero-order valence-corrected chi connectivity index (χ0v) is 16.2. The van der Waals surface area contributed by atoms with Crippen LogP contribution in [0.3, 0.4) is 0 Å². The van der Waals surface area contributed by atoms with Crippen LogP contribution in [0.15, 0.2) is 34.1 Å². The number of rotatable bonds is 8. The van der Waals surface area contributed by atoms with Gasteiger partial charge < -0.3 is 9.53 Å². The zero-order chi connectivity index (χ0) is 20.3. The third-order valence-corrected chi connectivity index (χ3v) is 4.57. The summed E-state index contributed by atoms with van der Waals surface area (Å²) >= 11 is 0. The van der Waals surface area contributed by atoms with Crippen LogP contribution in [0.2, 0.25) is 0 Å². The van der Waals surface area contributed by atoms with Crippen molar-refractivity contribution >= 4 is 16.9 Å². The van der Waals surface area contributed by atoms with Gasteiger partial charge in [-0.25, -0.2) is 4.79 Å². The molecule has 0 spiro atoms. The van der Waals surface area contributed by atoms with Crippen molar-refractivity contribution < 1.29 is 9.53 Å². The number of hydrogen-bond acceptors (Lipinski definition) is 6. The maximum absolute atomic E-state index is 12.9. The topological polar surface area (TPSA) is 101 Å². The van der Waals surface area contributed by atoms with Crippen LogP contribution in [-0.2, 0) is 32.0 Å². The molecule has 0 unspecified atom stereocenters. The number of carbonyl (C=O) groups is 1. The molecule has 3 aromatic rings. The minimum absolute atomic E-state index is 0.0951. The molecule has 0 saturated carbocycles. The predicted octanol–water partition coefficient (Wildman–Crippen LogP) is 1.17. The number of Topliss-reactive ketones (excluding diaryl/α,β-unsaturated/α-hetero) is 1. The van der Waals surface area contributed by atoms with Gasteiger partial charge in [0, 0.05) is 45.0 Å². The van der Waals surface area contributed by atoms with Crippen molar-refractivity contribution in [3.8, 4) is 6.01 Å². The molecule has 0 fully saturated rings. The lowest BCUT2D eigenvalue weighted by Gasteiger charge is -2.08. The van der Waals surface area contributed by atoms with Gasteiger partial charge in [-0.3, -0.25) is 23.5 Å². The minimum atomic E-state index is -0.433. The Morgan fingerprint density at radius 1 is 1.18 bits per heavy atom. The van der Waals surface area contributed by atoms with Gasteiger partial charge in [-0.2, -0.15) is 4.98 Å². The van der Waals surface area contributed by atoms with E-state index in [-0.39, 0.29) is 30.6 Å². The maximum Gasteiger partial charge on any atom is 0.332 e. The number of nitrogens with zero attached hydrogens (tertiary/aromatic N) is 5. The van der Waals surface area contributed by atoms with Crippen LogP contribution in [0.5, 0.6) is 6.01 Å². The average Bonchev–Trinajstić information content (AvgIpc) is 3.01. The van der Waals surface area contributed by atoms with E-state index in [1.165, 1.54) is 16.1 Å². The molecule has 0 aliphatic heterocycles. The molecule has 148 valence electrons. The first-order chi connectivity index (χ1) is 13.4. The van der Waals surface area contributed by atoms with Crippen LogP contribution >= 0.6 is 0 Å². The summed E-state index contributed by atoms with van der Waals surface area (Å²) in [4.78, 5) is 44.9. The van der Waals surface area contributed by atoms with Crippen LogP contribution in [-0.4, -0.2) is 29.5 Å². The molecule has 0 radical (unpaired) electrons. The minimum Gasteiger partial charge on any atom is -0.460 e.